The number of morpholine rings is 1. The van der Waals surface area contributed by atoms with Crippen LogP contribution in [0.15, 0.2) is 30.3 Å². The molecule has 1 aliphatic heterocycles. The van der Waals surface area contributed by atoms with Gasteiger partial charge in [-0.1, -0.05) is 44.2 Å². The first kappa shape index (κ1) is 21.2. The third kappa shape index (κ3) is 6.57. The molecule has 6 nitrogen and oxygen atoms in total. The van der Waals surface area contributed by atoms with Crippen LogP contribution in [0.2, 0.25) is 0 Å². The van der Waals surface area contributed by atoms with Crippen molar-refractivity contribution in [1.82, 2.24) is 9.62 Å². The van der Waals surface area contributed by atoms with Crippen LogP contribution in [0.25, 0.3) is 0 Å². The summed E-state index contributed by atoms with van der Waals surface area (Å²) in [5, 5.41) is 2.59. The highest BCUT2D eigenvalue weighted by molar-refractivity contribution is 7.99. The summed E-state index contributed by atoms with van der Waals surface area (Å²) >= 11 is 1.59. The number of amides is 1. The van der Waals surface area contributed by atoms with Crippen LogP contribution in [0.4, 0.5) is 0 Å². The number of carbonyl (C=O) groups is 1. The Labute approximate surface area is 160 Å². The fraction of sp³-hybridized carbons (Fsp3) is 0.611. The molecule has 1 unspecified atom stereocenters. The highest BCUT2D eigenvalue weighted by atomic mass is 32.2. The number of benzene rings is 1. The molecule has 1 fully saturated rings. The van der Waals surface area contributed by atoms with Crippen LogP contribution in [-0.2, 0) is 25.3 Å². The molecule has 1 amide bonds. The summed E-state index contributed by atoms with van der Waals surface area (Å²) in [6.45, 7) is 5.77. The minimum absolute atomic E-state index is 0.0765. The summed E-state index contributed by atoms with van der Waals surface area (Å²) in [4.78, 5) is 12.5. The molecule has 2 rings (SSSR count). The number of nitrogens with one attached hydrogen (secondary N) is 1. The number of thioether (sulfide) groups is 1. The monoisotopic (exact) mass is 400 g/mol. The summed E-state index contributed by atoms with van der Waals surface area (Å²) < 4.78 is 31.2. The SMILES string of the molecule is CC(C)C(SCc1ccccc1)C(=O)NCCS(=O)(=O)N1CCOCC1. The molecule has 8 heteroatoms. The van der Waals surface area contributed by atoms with Crippen molar-refractivity contribution in [3.63, 3.8) is 0 Å². The van der Waals surface area contributed by atoms with E-state index in [1.165, 1.54) is 9.87 Å². The van der Waals surface area contributed by atoms with Crippen LogP contribution in [0.5, 0.6) is 0 Å². The van der Waals surface area contributed by atoms with E-state index in [0.717, 1.165) is 5.75 Å². The predicted molar refractivity (Wildman–Crippen MR) is 106 cm³/mol. The lowest BCUT2D eigenvalue weighted by Gasteiger charge is -2.26. The quantitative estimate of drug-likeness (QED) is 0.683. The summed E-state index contributed by atoms with van der Waals surface area (Å²) in [6.07, 6.45) is 0. The maximum atomic E-state index is 12.5. The molecule has 26 heavy (non-hydrogen) atoms. The Balaban J connectivity index is 1.81. The average molecular weight is 401 g/mol. The highest BCUT2D eigenvalue weighted by Gasteiger charge is 2.26. The van der Waals surface area contributed by atoms with Gasteiger partial charge in [0.2, 0.25) is 15.9 Å². The molecule has 0 spiro atoms. The minimum atomic E-state index is -3.35. The summed E-state index contributed by atoms with van der Waals surface area (Å²) in [5.41, 5.74) is 1.17. The van der Waals surface area contributed by atoms with Crippen molar-refractivity contribution < 1.29 is 17.9 Å². The number of sulfonamides is 1. The summed E-state index contributed by atoms with van der Waals surface area (Å²) in [5.74, 6) is 0.744. The predicted octanol–water partition coefficient (Wildman–Crippen LogP) is 1.72. The van der Waals surface area contributed by atoms with E-state index in [9.17, 15) is 13.2 Å². The zero-order chi connectivity index (χ0) is 19.0. The maximum Gasteiger partial charge on any atom is 0.233 e. The molecule has 1 N–H and O–H groups in total. The summed E-state index contributed by atoms with van der Waals surface area (Å²) in [6, 6.07) is 10.0. The van der Waals surface area contributed by atoms with Crippen LogP contribution >= 0.6 is 11.8 Å². The molecule has 1 atom stereocenters. The van der Waals surface area contributed by atoms with Crippen molar-refractivity contribution in [1.29, 1.82) is 0 Å². The molecule has 1 aliphatic rings. The maximum absolute atomic E-state index is 12.5. The van der Waals surface area contributed by atoms with Gasteiger partial charge in [0.1, 0.15) is 0 Å². The van der Waals surface area contributed by atoms with Crippen LogP contribution < -0.4 is 5.32 Å². The summed E-state index contributed by atoms with van der Waals surface area (Å²) in [7, 11) is -3.35. The van der Waals surface area contributed by atoms with Gasteiger partial charge < -0.3 is 10.1 Å². The van der Waals surface area contributed by atoms with Crippen molar-refractivity contribution in [3.05, 3.63) is 35.9 Å². The van der Waals surface area contributed by atoms with Gasteiger partial charge in [0.15, 0.2) is 0 Å². The van der Waals surface area contributed by atoms with E-state index in [1.807, 2.05) is 44.2 Å². The average Bonchev–Trinajstić information content (AvgIpc) is 2.63. The molecular weight excluding hydrogens is 372 g/mol. The van der Waals surface area contributed by atoms with Crippen LogP contribution in [0.1, 0.15) is 19.4 Å². The van der Waals surface area contributed by atoms with Gasteiger partial charge in [-0.15, -0.1) is 11.8 Å². The Hall–Kier alpha value is -1.09. The molecular formula is C18H28N2O4S2. The smallest absolute Gasteiger partial charge is 0.233 e. The zero-order valence-electron chi connectivity index (χ0n) is 15.4. The number of carbonyl (C=O) groups excluding carboxylic acids is 1. The zero-order valence-corrected chi connectivity index (χ0v) is 17.0. The van der Waals surface area contributed by atoms with Gasteiger partial charge >= 0.3 is 0 Å². The Kier molecular flexibility index (Phi) is 8.40. The van der Waals surface area contributed by atoms with E-state index in [4.69, 9.17) is 4.74 Å². The Morgan fingerprint density at radius 1 is 1.23 bits per heavy atom. The van der Waals surface area contributed by atoms with Gasteiger partial charge in [-0.3, -0.25) is 4.79 Å². The molecule has 0 aromatic heterocycles. The van der Waals surface area contributed by atoms with Crippen molar-refractivity contribution in [2.45, 2.75) is 24.9 Å². The third-order valence-electron chi connectivity index (χ3n) is 4.16. The second kappa shape index (κ2) is 10.3. The second-order valence-corrected chi connectivity index (χ2v) is 9.80. The van der Waals surface area contributed by atoms with Crippen LogP contribution in [0.3, 0.4) is 0 Å². The molecule has 0 aliphatic carbocycles. The Morgan fingerprint density at radius 2 is 1.88 bits per heavy atom. The minimum Gasteiger partial charge on any atom is -0.379 e. The topological polar surface area (TPSA) is 75.7 Å². The fourth-order valence-corrected chi connectivity index (χ4v) is 5.20. The number of ether oxygens (including phenoxy) is 1. The lowest BCUT2D eigenvalue weighted by Crippen LogP contribution is -2.45. The molecule has 146 valence electrons. The molecule has 1 aromatic carbocycles. The molecule has 1 aromatic rings. The van der Waals surface area contributed by atoms with E-state index in [2.05, 4.69) is 5.32 Å². The first-order valence-electron chi connectivity index (χ1n) is 8.89. The van der Waals surface area contributed by atoms with Crippen molar-refractivity contribution >= 4 is 27.7 Å². The number of rotatable bonds is 9. The first-order chi connectivity index (χ1) is 12.4. The fourth-order valence-electron chi connectivity index (χ4n) is 2.69. The van der Waals surface area contributed by atoms with E-state index >= 15 is 0 Å². The van der Waals surface area contributed by atoms with Crippen molar-refractivity contribution in [2.75, 3.05) is 38.6 Å². The van der Waals surface area contributed by atoms with E-state index in [0.29, 0.717) is 26.3 Å². The first-order valence-corrected chi connectivity index (χ1v) is 11.5. The number of hydrogen-bond acceptors (Lipinski definition) is 5. The van der Waals surface area contributed by atoms with E-state index in [-0.39, 0.29) is 29.4 Å². The van der Waals surface area contributed by atoms with Crippen molar-refractivity contribution in [3.8, 4) is 0 Å². The van der Waals surface area contributed by atoms with Crippen LogP contribution in [-0.4, -0.2) is 62.5 Å². The van der Waals surface area contributed by atoms with Gasteiger partial charge in [0.25, 0.3) is 0 Å². The molecule has 0 saturated carbocycles. The van der Waals surface area contributed by atoms with Gasteiger partial charge in [-0.25, -0.2) is 8.42 Å². The van der Waals surface area contributed by atoms with E-state index < -0.39 is 10.0 Å². The Bertz CT molecular complexity index is 659. The second-order valence-electron chi connectivity index (χ2n) is 6.58. The normalized spacial score (nSPS) is 17.2. The highest BCUT2D eigenvalue weighted by Crippen LogP contribution is 2.24. The van der Waals surface area contributed by atoms with Gasteiger partial charge in [0, 0.05) is 25.4 Å². The van der Waals surface area contributed by atoms with Crippen molar-refractivity contribution in [2.24, 2.45) is 5.92 Å². The molecule has 0 radical (unpaired) electrons. The van der Waals surface area contributed by atoms with E-state index in [1.54, 1.807) is 11.8 Å². The largest absolute Gasteiger partial charge is 0.379 e. The van der Waals surface area contributed by atoms with Gasteiger partial charge in [0.05, 0.1) is 24.2 Å². The number of hydrogen-bond donors (Lipinski definition) is 1. The molecule has 1 heterocycles. The lowest BCUT2D eigenvalue weighted by atomic mass is 10.1. The standard InChI is InChI=1S/C18H28N2O4S2/c1-15(2)17(25-14-16-6-4-3-5-7-16)18(21)19-8-13-26(22,23)20-9-11-24-12-10-20/h3-7,15,17H,8-14H2,1-2H3,(H,19,21). The molecule has 0 bridgehead atoms. The van der Waals surface area contributed by atoms with Gasteiger partial charge in [-0.2, -0.15) is 4.31 Å². The Morgan fingerprint density at radius 3 is 2.50 bits per heavy atom. The molecule has 1 saturated heterocycles. The third-order valence-corrected chi connectivity index (χ3v) is 7.65. The lowest BCUT2D eigenvalue weighted by molar-refractivity contribution is -0.121. The van der Waals surface area contributed by atoms with Gasteiger partial charge in [-0.05, 0) is 11.5 Å². The number of nitrogens with zero attached hydrogens (tertiary/aromatic N) is 1. The van der Waals surface area contributed by atoms with Crippen LogP contribution in [0, 0.1) is 5.92 Å².